The van der Waals surface area contributed by atoms with Crippen LogP contribution in [0.5, 0.6) is 0 Å². The minimum atomic E-state index is -0.0452. The highest BCUT2D eigenvalue weighted by atomic mass is 32.1. The van der Waals surface area contributed by atoms with Crippen LogP contribution in [0.25, 0.3) is 0 Å². The molecule has 0 saturated heterocycles. The lowest BCUT2D eigenvalue weighted by Crippen LogP contribution is -2.38. The summed E-state index contributed by atoms with van der Waals surface area (Å²) in [5.74, 6) is 0.621. The van der Waals surface area contributed by atoms with Gasteiger partial charge in [0.1, 0.15) is 5.76 Å². The summed E-state index contributed by atoms with van der Waals surface area (Å²) in [4.78, 5) is 15.6. The molecule has 4 nitrogen and oxygen atoms in total. The number of hydrogen-bond donors (Lipinski definition) is 0. The number of nitrogens with zero attached hydrogens (tertiary/aromatic N) is 2. The number of amides is 1. The van der Waals surface area contributed by atoms with Gasteiger partial charge < -0.3 is 9.42 Å². The van der Waals surface area contributed by atoms with Crippen molar-refractivity contribution < 1.29 is 9.32 Å². The summed E-state index contributed by atoms with van der Waals surface area (Å²) in [7, 11) is 0. The van der Waals surface area contributed by atoms with Gasteiger partial charge in [-0.2, -0.15) is 0 Å². The molecule has 3 heterocycles. The number of carbonyl (C=O) groups is 1. The fraction of sp³-hybridized carbons (Fsp3) is 0.385. The van der Waals surface area contributed by atoms with Crippen molar-refractivity contribution >= 4 is 17.2 Å². The second kappa shape index (κ2) is 4.24. The van der Waals surface area contributed by atoms with E-state index in [9.17, 15) is 4.79 Å². The molecule has 0 aliphatic carbocycles. The van der Waals surface area contributed by atoms with Gasteiger partial charge in [0.2, 0.25) is 0 Å². The molecule has 2 aromatic heterocycles. The van der Waals surface area contributed by atoms with Crippen LogP contribution < -0.4 is 0 Å². The number of fused-ring (bicyclic) bond motifs is 1. The highest BCUT2D eigenvalue weighted by molar-refractivity contribution is 7.10. The molecule has 0 bridgehead atoms. The van der Waals surface area contributed by atoms with Gasteiger partial charge in [0, 0.05) is 17.5 Å². The molecule has 1 aliphatic heterocycles. The summed E-state index contributed by atoms with van der Waals surface area (Å²) in [6.07, 6.45) is 0.930. The lowest BCUT2D eigenvalue weighted by molar-refractivity contribution is 0.0668. The van der Waals surface area contributed by atoms with Crippen molar-refractivity contribution in [1.82, 2.24) is 10.1 Å². The first-order chi connectivity index (χ1) is 8.66. The Kier molecular flexibility index (Phi) is 2.70. The summed E-state index contributed by atoms with van der Waals surface area (Å²) in [6.45, 7) is 4.61. The second-order valence-electron chi connectivity index (χ2n) is 4.55. The first-order valence-corrected chi connectivity index (χ1v) is 6.85. The molecule has 0 radical (unpaired) electrons. The van der Waals surface area contributed by atoms with Crippen LogP contribution in [0.15, 0.2) is 22.0 Å². The van der Waals surface area contributed by atoms with Crippen molar-refractivity contribution in [3.8, 4) is 0 Å². The number of thiophene rings is 1. The molecule has 0 N–H and O–H groups in total. The standard InChI is InChI=1S/C13H14N2O2S/c1-8-7-11(14-17-8)13(16)15-5-3-12-10(9(15)2)4-6-18-12/h4,6-7,9H,3,5H2,1-2H3/t9-/m0/s1. The first kappa shape index (κ1) is 11.5. The quantitative estimate of drug-likeness (QED) is 0.794. The van der Waals surface area contributed by atoms with Crippen molar-refractivity contribution in [3.05, 3.63) is 39.4 Å². The molecule has 1 amide bonds. The summed E-state index contributed by atoms with van der Waals surface area (Å²) < 4.78 is 4.97. The maximum atomic E-state index is 12.4. The molecular weight excluding hydrogens is 248 g/mol. The summed E-state index contributed by atoms with van der Waals surface area (Å²) >= 11 is 1.77. The zero-order valence-corrected chi connectivity index (χ0v) is 11.2. The molecule has 2 aromatic rings. The molecule has 1 atom stereocenters. The Morgan fingerprint density at radius 3 is 3.17 bits per heavy atom. The summed E-state index contributed by atoms with van der Waals surface area (Å²) in [5.41, 5.74) is 1.66. The predicted molar refractivity (Wildman–Crippen MR) is 68.7 cm³/mol. The smallest absolute Gasteiger partial charge is 0.276 e. The minimum absolute atomic E-state index is 0.0452. The maximum absolute atomic E-state index is 12.4. The Morgan fingerprint density at radius 2 is 2.44 bits per heavy atom. The van der Waals surface area contributed by atoms with Crippen LogP contribution in [-0.4, -0.2) is 22.5 Å². The molecule has 0 aromatic carbocycles. The summed E-state index contributed by atoms with van der Waals surface area (Å²) in [6, 6.07) is 3.92. The fourth-order valence-corrected chi connectivity index (χ4v) is 3.36. The zero-order valence-electron chi connectivity index (χ0n) is 10.3. The third-order valence-corrected chi connectivity index (χ3v) is 4.38. The first-order valence-electron chi connectivity index (χ1n) is 5.97. The fourth-order valence-electron chi connectivity index (χ4n) is 2.40. The van der Waals surface area contributed by atoms with Crippen LogP contribution in [-0.2, 0) is 6.42 Å². The molecule has 0 saturated carbocycles. The van der Waals surface area contributed by atoms with E-state index in [1.54, 1.807) is 24.3 Å². The van der Waals surface area contributed by atoms with Crippen LogP contribution in [0.1, 0.15) is 39.7 Å². The lowest BCUT2D eigenvalue weighted by atomic mass is 10.0. The number of hydrogen-bond acceptors (Lipinski definition) is 4. The Bertz CT molecular complexity index is 587. The Balaban J connectivity index is 1.88. The van der Waals surface area contributed by atoms with Gasteiger partial charge in [-0.15, -0.1) is 11.3 Å². The van der Waals surface area contributed by atoms with Gasteiger partial charge >= 0.3 is 0 Å². The number of aromatic nitrogens is 1. The monoisotopic (exact) mass is 262 g/mol. The average Bonchev–Trinajstić information content (AvgIpc) is 2.97. The average molecular weight is 262 g/mol. The Labute approximate surface area is 109 Å². The normalized spacial score (nSPS) is 18.8. The number of aryl methyl sites for hydroxylation is 1. The highest BCUT2D eigenvalue weighted by Crippen LogP contribution is 2.33. The van der Waals surface area contributed by atoms with E-state index in [2.05, 4.69) is 23.5 Å². The molecule has 18 heavy (non-hydrogen) atoms. The lowest BCUT2D eigenvalue weighted by Gasteiger charge is -2.33. The van der Waals surface area contributed by atoms with Gasteiger partial charge in [-0.05, 0) is 37.3 Å². The molecule has 1 aliphatic rings. The van der Waals surface area contributed by atoms with Gasteiger partial charge in [0.05, 0.1) is 6.04 Å². The largest absolute Gasteiger partial charge is 0.361 e. The van der Waals surface area contributed by atoms with E-state index < -0.39 is 0 Å². The Morgan fingerprint density at radius 1 is 1.61 bits per heavy atom. The molecule has 0 fully saturated rings. The van der Waals surface area contributed by atoms with E-state index >= 15 is 0 Å². The van der Waals surface area contributed by atoms with Gasteiger partial charge in [-0.1, -0.05) is 5.16 Å². The molecular formula is C13H14N2O2S. The zero-order chi connectivity index (χ0) is 12.7. The molecule has 94 valence electrons. The summed E-state index contributed by atoms with van der Waals surface area (Å²) in [5, 5.41) is 5.90. The third kappa shape index (κ3) is 1.75. The van der Waals surface area contributed by atoms with Crippen LogP contribution >= 0.6 is 11.3 Å². The van der Waals surface area contributed by atoms with E-state index in [-0.39, 0.29) is 11.9 Å². The van der Waals surface area contributed by atoms with E-state index in [1.165, 1.54) is 10.4 Å². The van der Waals surface area contributed by atoms with Gasteiger partial charge in [-0.3, -0.25) is 4.79 Å². The van der Waals surface area contributed by atoms with Gasteiger partial charge in [0.25, 0.3) is 5.91 Å². The van der Waals surface area contributed by atoms with Crippen LogP contribution in [0.2, 0.25) is 0 Å². The SMILES string of the molecule is Cc1cc(C(=O)N2CCc3sccc3[C@@H]2C)no1. The van der Waals surface area contributed by atoms with Crippen LogP contribution in [0.4, 0.5) is 0 Å². The van der Waals surface area contributed by atoms with E-state index in [0.717, 1.165) is 13.0 Å². The van der Waals surface area contributed by atoms with E-state index in [1.807, 2.05) is 4.90 Å². The van der Waals surface area contributed by atoms with Crippen LogP contribution in [0.3, 0.4) is 0 Å². The second-order valence-corrected chi connectivity index (χ2v) is 5.55. The topological polar surface area (TPSA) is 46.3 Å². The highest BCUT2D eigenvalue weighted by Gasteiger charge is 2.30. The maximum Gasteiger partial charge on any atom is 0.276 e. The van der Waals surface area contributed by atoms with Crippen molar-refractivity contribution in [2.24, 2.45) is 0 Å². The molecule has 0 unspecified atom stereocenters. The number of rotatable bonds is 1. The van der Waals surface area contributed by atoms with Crippen molar-refractivity contribution in [2.45, 2.75) is 26.3 Å². The van der Waals surface area contributed by atoms with Gasteiger partial charge in [-0.25, -0.2) is 0 Å². The predicted octanol–water partition coefficient (Wildman–Crippen LogP) is 2.80. The van der Waals surface area contributed by atoms with Crippen LogP contribution in [0, 0.1) is 6.92 Å². The molecule has 0 spiro atoms. The van der Waals surface area contributed by atoms with Crippen molar-refractivity contribution in [3.63, 3.8) is 0 Å². The Hall–Kier alpha value is -1.62. The van der Waals surface area contributed by atoms with E-state index in [0.29, 0.717) is 11.5 Å². The van der Waals surface area contributed by atoms with Crippen molar-refractivity contribution in [2.75, 3.05) is 6.54 Å². The van der Waals surface area contributed by atoms with Gasteiger partial charge in [0.15, 0.2) is 5.69 Å². The number of carbonyl (C=O) groups excluding carboxylic acids is 1. The van der Waals surface area contributed by atoms with Crippen molar-refractivity contribution in [1.29, 1.82) is 0 Å². The third-order valence-electron chi connectivity index (χ3n) is 3.39. The van der Waals surface area contributed by atoms with E-state index in [4.69, 9.17) is 4.52 Å². The molecule has 3 rings (SSSR count). The minimum Gasteiger partial charge on any atom is -0.361 e. The molecule has 5 heteroatoms.